The Balaban J connectivity index is 1.82. The fraction of sp³-hybridized carbons (Fsp3) is 0.0435. The lowest BCUT2D eigenvalue weighted by atomic mass is 9.95. The molecule has 0 fully saturated rings. The smallest absolute Gasteiger partial charge is 0.252 e. The van der Waals surface area contributed by atoms with Crippen molar-refractivity contribution in [3.63, 3.8) is 0 Å². The molecule has 0 bridgehead atoms. The number of phenolic OH excluding ortho intramolecular Hbond substituents is 1. The summed E-state index contributed by atoms with van der Waals surface area (Å²) < 4.78 is 13.9. The first kappa shape index (κ1) is 17.7. The number of hydrogen-bond donors (Lipinski definition) is 2. The third kappa shape index (κ3) is 3.42. The zero-order chi connectivity index (χ0) is 19.5. The Kier molecular flexibility index (Phi) is 4.72. The van der Waals surface area contributed by atoms with Gasteiger partial charge in [-0.25, -0.2) is 4.39 Å². The van der Waals surface area contributed by atoms with Crippen molar-refractivity contribution < 1.29 is 14.3 Å². The van der Waals surface area contributed by atoms with Crippen molar-refractivity contribution in [1.29, 1.82) is 0 Å². The van der Waals surface area contributed by atoms with Gasteiger partial charge in [-0.2, -0.15) is 0 Å². The standard InChI is InChI=1S/C23H17FN2O2/c24-18-10-4-8-17(14-18)20(26-23(28)16-6-2-1-3-7-16)19-12-11-15-9-5-13-25-21(15)22(19)27/h1-14,20,27H,(H,26,28). The molecule has 1 atom stereocenters. The summed E-state index contributed by atoms with van der Waals surface area (Å²) >= 11 is 0. The zero-order valence-corrected chi connectivity index (χ0v) is 14.8. The third-order valence-electron chi connectivity index (χ3n) is 4.58. The number of fused-ring (bicyclic) bond motifs is 1. The summed E-state index contributed by atoms with van der Waals surface area (Å²) in [6, 6.07) is 21.1. The van der Waals surface area contributed by atoms with E-state index in [1.807, 2.05) is 18.2 Å². The largest absolute Gasteiger partial charge is 0.505 e. The van der Waals surface area contributed by atoms with Gasteiger partial charge >= 0.3 is 0 Å². The van der Waals surface area contributed by atoms with Crippen molar-refractivity contribution in [2.24, 2.45) is 0 Å². The predicted molar refractivity (Wildman–Crippen MR) is 106 cm³/mol. The lowest BCUT2D eigenvalue weighted by molar-refractivity contribution is 0.0942. The molecule has 4 nitrogen and oxygen atoms in total. The van der Waals surface area contributed by atoms with Gasteiger partial charge in [-0.3, -0.25) is 9.78 Å². The first-order chi connectivity index (χ1) is 13.6. The van der Waals surface area contributed by atoms with E-state index in [0.717, 1.165) is 5.39 Å². The van der Waals surface area contributed by atoms with E-state index in [0.29, 0.717) is 22.2 Å². The van der Waals surface area contributed by atoms with Gasteiger partial charge in [0.25, 0.3) is 5.91 Å². The van der Waals surface area contributed by atoms with Crippen LogP contribution in [0.25, 0.3) is 10.9 Å². The van der Waals surface area contributed by atoms with Crippen LogP contribution >= 0.6 is 0 Å². The van der Waals surface area contributed by atoms with Gasteiger partial charge in [-0.15, -0.1) is 0 Å². The first-order valence-corrected chi connectivity index (χ1v) is 8.81. The highest BCUT2D eigenvalue weighted by Crippen LogP contribution is 2.34. The molecule has 138 valence electrons. The van der Waals surface area contributed by atoms with Crippen molar-refractivity contribution >= 4 is 16.8 Å². The number of benzene rings is 3. The van der Waals surface area contributed by atoms with Crippen LogP contribution in [-0.4, -0.2) is 16.0 Å². The van der Waals surface area contributed by atoms with Gasteiger partial charge < -0.3 is 10.4 Å². The van der Waals surface area contributed by atoms with Gasteiger partial charge in [0.05, 0.1) is 6.04 Å². The molecule has 1 heterocycles. The van der Waals surface area contributed by atoms with E-state index in [4.69, 9.17) is 0 Å². The summed E-state index contributed by atoms with van der Waals surface area (Å²) in [7, 11) is 0. The SMILES string of the molecule is O=C(NC(c1cccc(F)c1)c1ccc2cccnc2c1O)c1ccccc1. The molecule has 4 rings (SSSR count). The minimum absolute atomic E-state index is 0.0410. The zero-order valence-electron chi connectivity index (χ0n) is 14.8. The molecule has 1 aromatic heterocycles. The Morgan fingerprint density at radius 1 is 0.964 bits per heavy atom. The Bertz CT molecular complexity index is 1150. The van der Waals surface area contributed by atoms with Gasteiger partial charge in [0, 0.05) is 22.7 Å². The average Bonchev–Trinajstić information content (AvgIpc) is 2.73. The maximum Gasteiger partial charge on any atom is 0.252 e. The third-order valence-corrected chi connectivity index (χ3v) is 4.58. The van der Waals surface area contributed by atoms with Crippen LogP contribution in [0.5, 0.6) is 5.75 Å². The fourth-order valence-corrected chi connectivity index (χ4v) is 3.21. The molecule has 0 aliphatic heterocycles. The molecule has 28 heavy (non-hydrogen) atoms. The summed E-state index contributed by atoms with van der Waals surface area (Å²) in [6.45, 7) is 0. The number of nitrogens with one attached hydrogen (secondary N) is 1. The minimum atomic E-state index is -0.741. The van der Waals surface area contributed by atoms with Gasteiger partial charge in [0.15, 0.2) is 0 Å². The van der Waals surface area contributed by atoms with Gasteiger partial charge in [-0.05, 0) is 35.9 Å². The average molecular weight is 372 g/mol. The molecule has 2 N–H and O–H groups in total. The van der Waals surface area contributed by atoms with E-state index in [1.165, 1.54) is 12.1 Å². The Labute approximate surface area is 161 Å². The molecule has 1 unspecified atom stereocenters. The Morgan fingerprint density at radius 2 is 1.79 bits per heavy atom. The van der Waals surface area contributed by atoms with E-state index in [9.17, 15) is 14.3 Å². The highest BCUT2D eigenvalue weighted by atomic mass is 19.1. The highest BCUT2D eigenvalue weighted by molar-refractivity contribution is 5.95. The second kappa shape index (κ2) is 7.48. The van der Waals surface area contributed by atoms with Crippen LogP contribution < -0.4 is 5.32 Å². The maximum absolute atomic E-state index is 13.9. The number of nitrogens with zero attached hydrogens (tertiary/aromatic N) is 1. The molecule has 0 radical (unpaired) electrons. The normalized spacial score (nSPS) is 11.9. The van der Waals surface area contributed by atoms with E-state index in [2.05, 4.69) is 10.3 Å². The molecule has 3 aromatic carbocycles. The summed E-state index contributed by atoms with van der Waals surface area (Å²) in [5.74, 6) is -0.786. The van der Waals surface area contributed by atoms with Crippen LogP contribution in [0.15, 0.2) is 85.1 Å². The summed E-state index contributed by atoms with van der Waals surface area (Å²) in [6.07, 6.45) is 1.59. The minimum Gasteiger partial charge on any atom is -0.505 e. The molecule has 0 aliphatic rings. The van der Waals surface area contributed by atoms with Gasteiger partial charge in [-0.1, -0.05) is 48.5 Å². The second-order valence-corrected chi connectivity index (χ2v) is 6.41. The van der Waals surface area contributed by atoms with Crippen molar-refractivity contribution in [3.8, 4) is 5.75 Å². The van der Waals surface area contributed by atoms with Crippen LogP contribution in [-0.2, 0) is 0 Å². The van der Waals surface area contributed by atoms with Crippen molar-refractivity contribution in [3.05, 3.63) is 108 Å². The van der Waals surface area contributed by atoms with E-state index >= 15 is 0 Å². The molecule has 0 aliphatic carbocycles. The number of carbonyl (C=O) groups is 1. The predicted octanol–water partition coefficient (Wildman–Crippen LogP) is 4.60. The maximum atomic E-state index is 13.9. The highest BCUT2D eigenvalue weighted by Gasteiger charge is 2.22. The summed E-state index contributed by atoms with van der Waals surface area (Å²) in [5, 5.41) is 14.5. The van der Waals surface area contributed by atoms with Crippen LogP contribution in [0.3, 0.4) is 0 Å². The topological polar surface area (TPSA) is 62.2 Å². The Morgan fingerprint density at radius 3 is 2.57 bits per heavy atom. The number of aromatic nitrogens is 1. The van der Waals surface area contributed by atoms with E-state index in [-0.39, 0.29) is 11.7 Å². The van der Waals surface area contributed by atoms with Crippen molar-refractivity contribution in [1.82, 2.24) is 10.3 Å². The number of hydrogen-bond acceptors (Lipinski definition) is 3. The number of phenols is 1. The van der Waals surface area contributed by atoms with Crippen LogP contribution in [0.1, 0.15) is 27.5 Å². The monoisotopic (exact) mass is 372 g/mol. The van der Waals surface area contributed by atoms with E-state index in [1.54, 1.807) is 54.7 Å². The quantitative estimate of drug-likeness (QED) is 0.550. The number of aromatic hydroxyl groups is 1. The van der Waals surface area contributed by atoms with Crippen molar-refractivity contribution in [2.45, 2.75) is 6.04 Å². The number of rotatable bonds is 4. The molecular formula is C23H17FN2O2. The second-order valence-electron chi connectivity index (χ2n) is 6.41. The van der Waals surface area contributed by atoms with E-state index < -0.39 is 11.9 Å². The van der Waals surface area contributed by atoms with Gasteiger partial charge in [0.1, 0.15) is 17.1 Å². The molecule has 1 amide bonds. The summed E-state index contributed by atoms with van der Waals surface area (Å²) in [5.41, 5.74) is 1.87. The first-order valence-electron chi connectivity index (χ1n) is 8.81. The molecule has 0 saturated heterocycles. The molecule has 5 heteroatoms. The molecule has 0 spiro atoms. The number of halogens is 1. The van der Waals surface area contributed by atoms with Crippen LogP contribution in [0.4, 0.5) is 4.39 Å². The Hall–Kier alpha value is -3.73. The number of carbonyl (C=O) groups excluding carboxylic acids is 1. The molecule has 0 saturated carbocycles. The van der Waals surface area contributed by atoms with Crippen LogP contribution in [0, 0.1) is 5.82 Å². The fourth-order valence-electron chi connectivity index (χ4n) is 3.21. The van der Waals surface area contributed by atoms with Crippen molar-refractivity contribution in [2.75, 3.05) is 0 Å². The number of amides is 1. The molecule has 4 aromatic rings. The van der Waals surface area contributed by atoms with Crippen LogP contribution in [0.2, 0.25) is 0 Å². The number of pyridine rings is 1. The van der Waals surface area contributed by atoms with Gasteiger partial charge in [0.2, 0.25) is 0 Å². The lowest BCUT2D eigenvalue weighted by Crippen LogP contribution is -2.29. The molecular weight excluding hydrogens is 355 g/mol. The lowest BCUT2D eigenvalue weighted by Gasteiger charge is -2.21. The summed E-state index contributed by atoms with van der Waals surface area (Å²) in [4.78, 5) is 17.0.